The Bertz CT molecular complexity index is 1640. The summed E-state index contributed by atoms with van der Waals surface area (Å²) < 4.78 is 21.3. The van der Waals surface area contributed by atoms with Crippen LogP contribution in [-0.4, -0.2) is 74.2 Å². The van der Waals surface area contributed by atoms with Gasteiger partial charge in [-0.1, -0.05) is 63.2 Å². The molecule has 244 valence electrons. The molecule has 2 fully saturated rings. The quantitative estimate of drug-likeness (QED) is 0.210. The van der Waals surface area contributed by atoms with Gasteiger partial charge in [-0.3, -0.25) is 9.47 Å². The summed E-state index contributed by atoms with van der Waals surface area (Å²) in [7, 11) is 0. The Hall–Kier alpha value is -4.10. The number of fused-ring (bicyclic) bond motifs is 2. The molecule has 4 atom stereocenters. The highest BCUT2D eigenvalue weighted by Crippen LogP contribution is 2.44. The Morgan fingerprint density at radius 2 is 1.76 bits per heavy atom. The molecule has 2 aromatic heterocycles. The van der Waals surface area contributed by atoms with Gasteiger partial charge in [0.25, 0.3) is 0 Å². The molecule has 0 spiro atoms. The lowest BCUT2D eigenvalue weighted by molar-refractivity contribution is -0.198. The zero-order valence-corrected chi connectivity index (χ0v) is 27.1. The minimum atomic E-state index is -0.769. The second-order valence-electron chi connectivity index (χ2n) is 13.5. The number of nitrogen functional groups attached to an aromatic ring is 1. The fourth-order valence-electron chi connectivity index (χ4n) is 6.15. The first-order chi connectivity index (χ1) is 22.0. The van der Waals surface area contributed by atoms with E-state index in [2.05, 4.69) is 75.5 Å². The summed E-state index contributed by atoms with van der Waals surface area (Å²) in [5.41, 5.74) is 10.4. The molecule has 46 heavy (non-hydrogen) atoms. The van der Waals surface area contributed by atoms with Crippen LogP contribution < -0.4 is 16.4 Å². The van der Waals surface area contributed by atoms with Crippen molar-refractivity contribution in [1.82, 2.24) is 29.7 Å². The monoisotopic (exact) mass is 628 g/mol. The first-order valence-corrected chi connectivity index (χ1v) is 15.8. The summed E-state index contributed by atoms with van der Waals surface area (Å²) in [4.78, 5) is 27.9. The average Bonchev–Trinajstić information content (AvgIpc) is 3.67. The molecule has 0 radical (unpaired) electrons. The van der Waals surface area contributed by atoms with Crippen molar-refractivity contribution in [2.45, 2.75) is 83.3 Å². The third kappa shape index (κ3) is 7.15. The molecule has 4 aromatic rings. The number of hydrogen-bond donors (Lipinski definition) is 3. The van der Waals surface area contributed by atoms with Gasteiger partial charge in [0.05, 0.1) is 6.33 Å². The number of imidazole rings is 1. The normalized spacial score (nSPS) is 22.3. The van der Waals surface area contributed by atoms with E-state index < -0.39 is 12.0 Å². The highest BCUT2D eigenvalue weighted by molar-refractivity contribution is 5.89. The van der Waals surface area contributed by atoms with Crippen LogP contribution >= 0.6 is 0 Å². The van der Waals surface area contributed by atoms with E-state index in [1.165, 1.54) is 17.5 Å². The molecule has 12 heteroatoms. The maximum absolute atomic E-state index is 12.6. The first kappa shape index (κ1) is 31.9. The molecule has 0 aliphatic carbocycles. The summed E-state index contributed by atoms with van der Waals surface area (Å²) in [6.07, 6.45) is 2.39. The van der Waals surface area contributed by atoms with Gasteiger partial charge in [0.2, 0.25) is 0 Å². The van der Waals surface area contributed by atoms with Gasteiger partial charge < -0.3 is 30.6 Å². The molecule has 0 unspecified atom stereocenters. The fraction of sp³-hybridized carbons (Fsp3) is 0.471. The number of ether oxygens (including phenoxy) is 3. The number of nitrogens with one attached hydrogen (secondary N) is 2. The molecule has 4 N–H and O–H groups in total. The van der Waals surface area contributed by atoms with Crippen LogP contribution in [0.25, 0.3) is 11.2 Å². The average molecular weight is 629 g/mol. The van der Waals surface area contributed by atoms with Gasteiger partial charge in [-0.05, 0) is 48.9 Å². The number of nitrogens with two attached hydrogens (primary N) is 1. The molecule has 2 aliphatic rings. The van der Waals surface area contributed by atoms with Crippen molar-refractivity contribution >= 4 is 28.7 Å². The fourth-order valence-corrected chi connectivity index (χ4v) is 6.15. The summed E-state index contributed by atoms with van der Waals surface area (Å²) in [5, 5.41) is 5.93. The van der Waals surface area contributed by atoms with Gasteiger partial charge in [-0.2, -0.15) is 0 Å². The topological polar surface area (TPSA) is 142 Å². The van der Waals surface area contributed by atoms with Gasteiger partial charge in [-0.15, -0.1) is 0 Å². The molecule has 0 bridgehead atoms. The smallest absolute Gasteiger partial charge is 0.319 e. The summed E-state index contributed by atoms with van der Waals surface area (Å²) in [6, 6.07) is 18.1. The van der Waals surface area contributed by atoms with E-state index in [4.69, 9.17) is 19.9 Å². The Kier molecular flexibility index (Phi) is 8.97. The molecule has 2 aliphatic heterocycles. The summed E-state index contributed by atoms with van der Waals surface area (Å²) in [6.45, 7) is 12.9. The predicted octanol–water partition coefficient (Wildman–Crippen LogP) is 4.84. The van der Waals surface area contributed by atoms with Crippen LogP contribution in [0.5, 0.6) is 0 Å². The number of rotatable bonds is 10. The summed E-state index contributed by atoms with van der Waals surface area (Å²) in [5.74, 6) is -0.456. The number of urea groups is 1. The Morgan fingerprint density at radius 3 is 2.50 bits per heavy atom. The maximum Gasteiger partial charge on any atom is 0.319 e. The number of carbonyl (C=O) groups is 1. The molecule has 2 saturated heterocycles. The lowest BCUT2D eigenvalue weighted by Crippen LogP contribution is -2.41. The third-order valence-corrected chi connectivity index (χ3v) is 8.42. The van der Waals surface area contributed by atoms with Crippen LogP contribution in [0.4, 0.5) is 16.3 Å². The first-order valence-electron chi connectivity index (χ1n) is 15.8. The van der Waals surface area contributed by atoms with Crippen molar-refractivity contribution in [1.29, 1.82) is 0 Å². The number of nitrogens with zero attached hydrogens (tertiary/aromatic N) is 5. The zero-order chi connectivity index (χ0) is 32.5. The van der Waals surface area contributed by atoms with E-state index in [1.807, 2.05) is 48.7 Å². The Labute approximate surface area is 269 Å². The molecule has 12 nitrogen and oxygen atoms in total. The summed E-state index contributed by atoms with van der Waals surface area (Å²) >= 11 is 0. The molecule has 6 rings (SSSR count). The van der Waals surface area contributed by atoms with Crippen LogP contribution in [-0.2, 0) is 26.2 Å². The van der Waals surface area contributed by atoms with Crippen molar-refractivity contribution in [2.24, 2.45) is 0 Å². The van der Waals surface area contributed by atoms with E-state index in [0.29, 0.717) is 30.1 Å². The SMILES string of the molecule is CC1(C)O[C@@H]2[C@H](O1)[C@@H](CN(CCCNC(=O)Nc1ccc(C(C)(C)C)cc1)Cc1ccccc1)O[C@H]2n1cnc2c(N)ncnc21. The maximum atomic E-state index is 12.6. The van der Waals surface area contributed by atoms with E-state index in [0.717, 1.165) is 25.2 Å². The molecule has 4 heterocycles. The van der Waals surface area contributed by atoms with Gasteiger partial charge >= 0.3 is 6.03 Å². The van der Waals surface area contributed by atoms with Crippen molar-refractivity contribution < 1.29 is 19.0 Å². The highest BCUT2D eigenvalue weighted by Gasteiger charge is 2.56. The standard InChI is InChI=1S/C34H44N8O4/c1-33(2,3)23-12-14-24(15-13-23)40-32(43)36-16-9-17-41(18-22-10-7-6-8-11-22)19-25-27-28(46-34(4,5)45-27)31(44-25)42-21-39-26-29(35)37-20-38-30(26)42/h6-8,10-15,20-21,25,27-28,31H,9,16-19H2,1-5H3,(H2,35,37,38)(H2,36,40,43)/t25-,27-,28-,31-/m1/s1. The molecular formula is C34H44N8O4. The zero-order valence-electron chi connectivity index (χ0n) is 27.1. The molecular weight excluding hydrogens is 584 g/mol. The van der Waals surface area contributed by atoms with Crippen molar-refractivity contribution in [2.75, 3.05) is 30.7 Å². The lowest BCUT2D eigenvalue weighted by Gasteiger charge is -2.29. The van der Waals surface area contributed by atoms with Gasteiger partial charge in [0, 0.05) is 31.9 Å². The van der Waals surface area contributed by atoms with Gasteiger partial charge in [0.1, 0.15) is 30.2 Å². The number of amides is 2. The van der Waals surface area contributed by atoms with Crippen LogP contribution in [0.1, 0.15) is 58.4 Å². The van der Waals surface area contributed by atoms with Crippen molar-refractivity contribution in [3.8, 4) is 0 Å². The predicted molar refractivity (Wildman–Crippen MR) is 176 cm³/mol. The molecule has 2 amide bonds. The number of anilines is 2. The second kappa shape index (κ2) is 13.0. The van der Waals surface area contributed by atoms with Crippen LogP contribution in [0.2, 0.25) is 0 Å². The lowest BCUT2D eigenvalue weighted by atomic mass is 9.87. The van der Waals surface area contributed by atoms with E-state index >= 15 is 0 Å². The highest BCUT2D eigenvalue weighted by atomic mass is 16.8. The van der Waals surface area contributed by atoms with E-state index in [9.17, 15) is 4.79 Å². The minimum Gasteiger partial charge on any atom is -0.382 e. The van der Waals surface area contributed by atoms with E-state index in [-0.39, 0.29) is 29.8 Å². The van der Waals surface area contributed by atoms with Gasteiger partial charge in [0.15, 0.2) is 23.5 Å². The Morgan fingerprint density at radius 1 is 1.02 bits per heavy atom. The number of benzene rings is 2. The van der Waals surface area contributed by atoms with Crippen molar-refractivity contribution in [3.63, 3.8) is 0 Å². The van der Waals surface area contributed by atoms with Crippen molar-refractivity contribution in [3.05, 3.63) is 78.4 Å². The van der Waals surface area contributed by atoms with Crippen LogP contribution in [0.3, 0.4) is 0 Å². The number of aromatic nitrogens is 4. The molecule has 2 aromatic carbocycles. The van der Waals surface area contributed by atoms with E-state index in [1.54, 1.807) is 6.33 Å². The molecule has 0 saturated carbocycles. The van der Waals surface area contributed by atoms with Gasteiger partial charge in [-0.25, -0.2) is 19.7 Å². The van der Waals surface area contributed by atoms with Crippen LogP contribution in [0.15, 0.2) is 67.3 Å². The number of carbonyl (C=O) groups excluding carboxylic acids is 1. The Balaban J connectivity index is 1.11. The number of hydrogen-bond acceptors (Lipinski definition) is 9. The second-order valence-corrected chi connectivity index (χ2v) is 13.5. The van der Waals surface area contributed by atoms with Crippen LogP contribution in [0, 0.1) is 0 Å². The largest absolute Gasteiger partial charge is 0.382 e. The minimum absolute atomic E-state index is 0.0578. The third-order valence-electron chi connectivity index (χ3n) is 8.42.